The van der Waals surface area contributed by atoms with Gasteiger partial charge in [0.25, 0.3) is 5.91 Å². The number of hydrogen-bond acceptors (Lipinski definition) is 4. The van der Waals surface area contributed by atoms with Crippen LogP contribution in [0, 0.1) is 0 Å². The van der Waals surface area contributed by atoms with Gasteiger partial charge in [0.1, 0.15) is 5.75 Å². The lowest BCUT2D eigenvalue weighted by Gasteiger charge is -2.17. The Labute approximate surface area is 219 Å². The zero-order valence-electron chi connectivity index (χ0n) is 20.0. The number of nitrogens with one attached hydrogen (secondary N) is 1. The van der Waals surface area contributed by atoms with Crippen LogP contribution in [0.3, 0.4) is 0 Å². The molecule has 186 valence electrons. The van der Waals surface area contributed by atoms with Crippen LogP contribution in [0.2, 0.25) is 5.02 Å². The van der Waals surface area contributed by atoms with Gasteiger partial charge < -0.3 is 19.6 Å². The van der Waals surface area contributed by atoms with Gasteiger partial charge in [0.2, 0.25) is 0 Å². The van der Waals surface area contributed by atoms with Gasteiger partial charge in [-0.1, -0.05) is 29.8 Å². The number of benzene rings is 1. The van der Waals surface area contributed by atoms with Crippen molar-refractivity contribution in [2.24, 2.45) is 0 Å². The quantitative estimate of drug-likeness (QED) is 0.254. The van der Waals surface area contributed by atoms with Crippen LogP contribution in [0.1, 0.15) is 55.1 Å². The van der Waals surface area contributed by atoms with Crippen LogP contribution in [0.15, 0.2) is 72.0 Å². The molecule has 1 aromatic carbocycles. The number of fused-ring (bicyclic) bond motifs is 1. The van der Waals surface area contributed by atoms with Crippen LogP contribution in [0.25, 0.3) is 5.65 Å². The van der Waals surface area contributed by atoms with Crippen molar-refractivity contribution in [1.29, 1.82) is 0 Å². The molecule has 0 saturated heterocycles. The lowest BCUT2D eigenvalue weighted by Crippen LogP contribution is -2.35. The molecule has 1 unspecified atom stereocenters. The Bertz CT molecular complexity index is 1190. The topological polar surface area (TPSA) is 75.9 Å². The Morgan fingerprint density at radius 1 is 1.31 bits per heavy atom. The Balaban J connectivity index is 1.59. The Morgan fingerprint density at radius 2 is 2.09 bits per heavy atom. The number of carbonyl (C=O) groups is 1. The molecule has 2 aromatic heterocycles. The van der Waals surface area contributed by atoms with E-state index in [-0.39, 0.29) is 30.6 Å². The number of allylic oxidation sites excluding steroid dienone is 2. The number of aliphatic hydroxyl groups is 1. The fourth-order valence-corrected chi connectivity index (χ4v) is 4.35. The molecule has 0 fully saturated rings. The summed E-state index contributed by atoms with van der Waals surface area (Å²) in [4.78, 5) is 17.5. The molecule has 0 aliphatic heterocycles. The number of imidazole rings is 1. The van der Waals surface area contributed by atoms with E-state index in [1.54, 1.807) is 18.2 Å². The minimum Gasteiger partial charge on any atom is -0.489 e. The molecular weight excluding hydrogens is 530 g/mol. The number of amides is 1. The predicted molar refractivity (Wildman–Crippen MR) is 144 cm³/mol. The molecule has 0 bridgehead atoms. The number of halogens is 2. The Kier molecular flexibility index (Phi) is 9.95. The van der Waals surface area contributed by atoms with Crippen LogP contribution >= 0.6 is 27.5 Å². The van der Waals surface area contributed by atoms with Crippen molar-refractivity contribution in [3.63, 3.8) is 0 Å². The zero-order chi connectivity index (χ0) is 25.4. The highest BCUT2D eigenvalue weighted by Gasteiger charge is 2.15. The average molecular weight is 561 g/mol. The summed E-state index contributed by atoms with van der Waals surface area (Å²) >= 11 is 9.81. The van der Waals surface area contributed by atoms with Crippen molar-refractivity contribution in [3.05, 3.63) is 88.3 Å². The van der Waals surface area contributed by atoms with Crippen molar-refractivity contribution in [3.8, 4) is 5.75 Å². The summed E-state index contributed by atoms with van der Waals surface area (Å²) in [7, 11) is 0. The fraction of sp³-hybridized carbons (Fsp3) is 0.333. The Morgan fingerprint density at radius 3 is 2.74 bits per heavy atom. The van der Waals surface area contributed by atoms with Gasteiger partial charge in [0.15, 0.2) is 5.65 Å². The summed E-state index contributed by atoms with van der Waals surface area (Å²) < 4.78 is 8.55. The van der Waals surface area contributed by atoms with Crippen LogP contribution in [0.5, 0.6) is 5.75 Å². The monoisotopic (exact) mass is 559 g/mol. The summed E-state index contributed by atoms with van der Waals surface area (Å²) in [6.45, 7) is 7.78. The number of rotatable bonds is 12. The number of pyridine rings is 1. The van der Waals surface area contributed by atoms with E-state index in [1.807, 2.05) is 54.9 Å². The maximum absolute atomic E-state index is 12.8. The first-order valence-corrected chi connectivity index (χ1v) is 12.8. The third-order valence-corrected chi connectivity index (χ3v) is 6.38. The standard InChI is InChI=1S/C27H31BrClN3O3/c1-4-19(24-17-32-14-7-10-22(28)26(32)31-24)8-5-6-9-21(13-15-33)30-27(34)20-11-12-25(23(29)16-20)35-18(2)3/h4-7,10-12,14,16-19,21,33H,1,8-9,13,15H2,2-3H3,(H,30,34)/b6-5+/t19?,21-/m0/s1. The van der Waals surface area contributed by atoms with E-state index in [4.69, 9.17) is 21.3 Å². The van der Waals surface area contributed by atoms with E-state index in [2.05, 4.69) is 33.9 Å². The summed E-state index contributed by atoms with van der Waals surface area (Å²) in [5.41, 5.74) is 2.26. The van der Waals surface area contributed by atoms with Gasteiger partial charge in [-0.3, -0.25) is 4.79 Å². The molecular formula is C27H31BrClN3O3. The minimum absolute atomic E-state index is 0.0110. The molecule has 0 radical (unpaired) electrons. The van der Waals surface area contributed by atoms with Gasteiger partial charge in [0.05, 0.1) is 21.3 Å². The molecule has 2 atom stereocenters. The van der Waals surface area contributed by atoms with Gasteiger partial charge in [-0.2, -0.15) is 0 Å². The van der Waals surface area contributed by atoms with Crippen LogP contribution in [0.4, 0.5) is 0 Å². The summed E-state index contributed by atoms with van der Waals surface area (Å²) in [6, 6.07) is 8.71. The Hall–Kier alpha value is -2.61. The summed E-state index contributed by atoms with van der Waals surface area (Å²) in [6.07, 6.45) is 11.7. The molecule has 3 rings (SSSR count). The highest BCUT2D eigenvalue weighted by atomic mass is 79.9. The van der Waals surface area contributed by atoms with Gasteiger partial charge in [0, 0.05) is 36.5 Å². The molecule has 1 amide bonds. The van der Waals surface area contributed by atoms with Crippen LogP contribution in [-0.4, -0.2) is 39.2 Å². The first-order chi connectivity index (χ1) is 16.8. The van der Waals surface area contributed by atoms with E-state index in [0.29, 0.717) is 29.2 Å². The van der Waals surface area contributed by atoms with Crippen molar-refractivity contribution in [1.82, 2.24) is 14.7 Å². The molecule has 0 spiro atoms. The fourth-order valence-electron chi connectivity index (χ4n) is 3.68. The zero-order valence-corrected chi connectivity index (χ0v) is 22.3. The number of aromatic nitrogens is 2. The van der Waals surface area contributed by atoms with Crippen molar-refractivity contribution < 1.29 is 14.6 Å². The third kappa shape index (κ3) is 7.43. The van der Waals surface area contributed by atoms with Gasteiger partial charge >= 0.3 is 0 Å². The van der Waals surface area contributed by atoms with Gasteiger partial charge in [-0.15, -0.1) is 6.58 Å². The van der Waals surface area contributed by atoms with E-state index in [9.17, 15) is 9.90 Å². The molecule has 2 heterocycles. The molecule has 0 aliphatic carbocycles. The third-order valence-electron chi connectivity index (χ3n) is 5.46. The van der Waals surface area contributed by atoms with Gasteiger partial charge in [-0.05, 0) is 79.4 Å². The smallest absolute Gasteiger partial charge is 0.251 e. The van der Waals surface area contributed by atoms with Gasteiger partial charge in [-0.25, -0.2) is 4.98 Å². The number of hydrogen-bond donors (Lipinski definition) is 2. The second-order valence-corrected chi connectivity index (χ2v) is 9.79. The molecule has 0 saturated carbocycles. The maximum atomic E-state index is 12.8. The molecule has 6 nitrogen and oxygen atoms in total. The maximum Gasteiger partial charge on any atom is 0.251 e. The number of nitrogens with zero attached hydrogens (tertiary/aromatic N) is 2. The molecule has 0 aliphatic rings. The lowest BCUT2D eigenvalue weighted by atomic mass is 10.0. The summed E-state index contributed by atoms with van der Waals surface area (Å²) in [5.74, 6) is 0.370. The highest BCUT2D eigenvalue weighted by Crippen LogP contribution is 2.27. The van der Waals surface area contributed by atoms with Crippen molar-refractivity contribution in [2.45, 2.75) is 51.2 Å². The average Bonchev–Trinajstić information content (AvgIpc) is 3.25. The van der Waals surface area contributed by atoms with Crippen molar-refractivity contribution in [2.75, 3.05) is 6.61 Å². The predicted octanol–water partition coefficient (Wildman–Crippen LogP) is 6.32. The number of carbonyl (C=O) groups excluding carboxylic acids is 1. The SMILES string of the molecule is C=CC(C/C=C/C[C@@H](CCO)NC(=O)c1ccc(OC(C)C)c(Cl)c1)c1cn2cccc(Br)c2n1. The first-order valence-electron chi connectivity index (χ1n) is 11.6. The molecule has 3 aromatic rings. The van der Waals surface area contributed by atoms with E-state index < -0.39 is 0 Å². The highest BCUT2D eigenvalue weighted by molar-refractivity contribution is 9.10. The summed E-state index contributed by atoms with van der Waals surface area (Å²) in [5, 5.41) is 12.8. The second kappa shape index (κ2) is 12.9. The second-order valence-electron chi connectivity index (χ2n) is 8.53. The largest absolute Gasteiger partial charge is 0.489 e. The molecule has 8 heteroatoms. The van der Waals surface area contributed by atoms with E-state index >= 15 is 0 Å². The van der Waals surface area contributed by atoms with Crippen LogP contribution in [-0.2, 0) is 0 Å². The van der Waals surface area contributed by atoms with Crippen LogP contribution < -0.4 is 10.1 Å². The minimum atomic E-state index is -0.242. The normalized spacial score (nSPS) is 13.3. The first kappa shape index (κ1) is 27.0. The number of aliphatic hydroxyl groups excluding tert-OH is 1. The van der Waals surface area contributed by atoms with E-state index in [1.165, 1.54) is 0 Å². The molecule has 35 heavy (non-hydrogen) atoms. The van der Waals surface area contributed by atoms with Crippen molar-refractivity contribution >= 4 is 39.1 Å². The number of ether oxygens (including phenoxy) is 1. The van der Waals surface area contributed by atoms with E-state index in [0.717, 1.165) is 22.2 Å². The molecule has 2 N–H and O–H groups in total. The lowest BCUT2D eigenvalue weighted by molar-refractivity contribution is 0.0930.